The van der Waals surface area contributed by atoms with E-state index in [1.807, 2.05) is 0 Å². The quantitative estimate of drug-likeness (QED) is 0.266. The van der Waals surface area contributed by atoms with Crippen LogP contribution in [0.4, 0.5) is 0 Å². The van der Waals surface area contributed by atoms with Gasteiger partial charge in [0.05, 0.1) is 0 Å². The Morgan fingerprint density at radius 3 is 1.52 bits per heavy atom. The van der Waals surface area contributed by atoms with E-state index in [-0.39, 0.29) is 38.1 Å². The normalized spacial score (nSPS) is 28.0. The summed E-state index contributed by atoms with van der Waals surface area (Å²) in [6.45, 7) is 0. The minimum absolute atomic E-state index is 0. The van der Waals surface area contributed by atoms with Gasteiger partial charge in [0.1, 0.15) is 0 Å². The first-order valence-electron chi connectivity index (χ1n) is 11.6. The summed E-state index contributed by atoms with van der Waals surface area (Å²) in [5.74, 6) is 3.28. The molecular formula is C30H26Y-2. The molecule has 0 heterocycles. The Morgan fingerprint density at radius 2 is 1.03 bits per heavy atom. The van der Waals surface area contributed by atoms with Crippen LogP contribution >= 0.6 is 0 Å². The largest absolute Gasteiger partial charge is 0.179 e. The van der Waals surface area contributed by atoms with Crippen molar-refractivity contribution in [3.63, 3.8) is 0 Å². The van der Waals surface area contributed by atoms with Gasteiger partial charge in [-0.05, 0) is 61.2 Å². The van der Waals surface area contributed by atoms with Crippen LogP contribution in [0.3, 0.4) is 0 Å². The zero-order valence-corrected chi connectivity index (χ0v) is 20.7. The predicted molar refractivity (Wildman–Crippen MR) is 123 cm³/mol. The third-order valence-corrected chi connectivity index (χ3v) is 8.69. The molecule has 0 amide bonds. The van der Waals surface area contributed by atoms with Gasteiger partial charge in [-0.3, -0.25) is 0 Å². The molecule has 0 N–H and O–H groups in total. The molecule has 4 aromatic rings. The topological polar surface area (TPSA) is 0 Å². The van der Waals surface area contributed by atoms with Gasteiger partial charge >= 0.3 is 0 Å². The molecule has 0 nitrogen and oxygen atoms in total. The molecule has 0 saturated heterocycles. The fourth-order valence-corrected chi connectivity index (χ4v) is 7.88. The summed E-state index contributed by atoms with van der Waals surface area (Å²) < 4.78 is 0. The molecule has 4 aromatic carbocycles. The summed E-state index contributed by atoms with van der Waals surface area (Å²) in [6.07, 6.45) is 6.98. The van der Waals surface area contributed by atoms with Crippen LogP contribution in [0.5, 0.6) is 0 Å². The molecule has 4 saturated carbocycles. The van der Waals surface area contributed by atoms with Crippen molar-refractivity contribution in [2.75, 3.05) is 0 Å². The molecule has 1 radical (unpaired) electrons. The Morgan fingerprint density at radius 1 is 0.581 bits per heavy atom. The van der Waals surface area contributed by atoms with Crippen molar-refractivity contribution in [2.24, 2.45) is 23.7 Å². The average molecular weight is 475 g/mol. The van der Waals surface area contributed by atoms with Crippen LogP contribution in [0.2, 0.25) is 0 Å². The zero-order chi connectivity index (χ0) is 19.7. The van der Waals surface area contributed by atoms with Gasteiger partial charge in [-0.2, -0.15) is 36.4 Å². The van der Waals surface area contributed by atoms with Gasteiger partial charge in [-0.15, -0.1) is 44.8 Å². The molecule has 0 spiro atoms. The second-order valence-electron chi connectivity index (χ2n) is 10.1. The first-order valence-corrected chi connectivity index (χ1v) is 11.6. The Hall–Kier alpha value is -1.50. The maximum absolute atomic E-state index is 3.82. The molecule has 4 aliphatic rings. The maximum atomic E-state index is 3.82. The number of rotatable bonds is 2. The summed E-state index contributed by atoms with van der Waals surface area (Å²) in [5, 5.41) is 5.49. The van der Waals surface area contributed by atoms with Gasteiger partial charge in [0, 0.05) is 32.7 Å². The van der Waals surface area contributed by atoms with Crippen molar-refractivity contribution in [3.05, 3.63) is 96.1 Å². The van der Waals surface area contributed by atoms with Crippen molar-refractivity contribution >= 4 is 21.5 Å². The predicted octanol–water partition coefficient (Wildman–Crippen LogP) is 7.33. The Labute approximate surface area is 210 Å². The Balaban J connectivity index is 0.00000185. The van der Waals surface area contributed by atoms with Crippen LogP contribution in [-0.2, 0) is 38.1 Å². The molecule has 1 heteroatoms. The first kappa shape index (κ1) is 20.1. The summed E-state index contributed by atoms with van der Waals surface area (Å²) in [5.41, 5.74) is 2.93. The van der Waals surface area contributed by atoms with E-state index in [9.17, 15) is 0 Å². The monoisotopic (exact) mass is 475 g/mol. The number of benzene rings is 4. The summed E-state index contributed by atoms with van der Waals surface area (Å²) in [7, 11) is 0. The second-order valence-corrected chi connectivity index (χ2v) is 10.1. The van der Waals surface area contributed by atoms with Crippen molar-refractivity contribution in [3.8, 4) is 0 Å². The van der Waals surface area contributed by atoms with E-state index in [0.29, 0.717) is 11.8 Å². The van der Waals surface area contributed by atoms with Crippen LogP contribution in [0.15, 0.2) is 72.8 Å². The summed E-state index contributed by atoms with van der Waals surface area (Å²) in [4.78, 5) is 0. The number of hydrogen-bond donors (Lipinski definition) is 0. The fourth-order valence-electron chi connectivity index (χ4n) is 7.88. The smallest absolute Gasteiger partial charge is 0 e. The molecule has 0 unspecified atom stereocenters. The van der Waals surface area contributed by atoms with E-state index in [1.54, 1.807) is 0 Å². The summed E-state index contributed by atoms with van der Waals surface area (Å²) in [6, 6.07) is 34.4. The molecule has 8 rings (SSSR count). The van der Waals surface area contributed by atoms with Gasteiger partial charge < -0.3 is 0 Å². The standard InChI is InChI=1S/C30H26.Y/c1-3-11-26-22(7-1)9-5-13-28(26)30(24-16-20-15-21(18-24)19-25(30)17-20)29-14-6-10-23-8-2-4-12-27(23)29;/h1-12,20-21,24-25H,15-19H2;/q-2;. The van der Waals surface area contributed by atoms with Crippen LogP contribution in [0.25, 0.3) is 21.5 Å². The number of fused-ring (bicyclic) bond motifs is 2. The van der Waals surface area contributed by atoms with E-state index in [1.165, 1.54) is 64.8 Å². The van der Waals surface area contributed by atoms with Crippen molar-refractivity contribution in [1.29, 1.82) is 0 Å². The first-order chi connectivity index (χ1) is 14.8. The number of hydrogen-bond acceptors (Lipinski definition) is 0. The molecule has 0 aliphatic heterocycles. The van der Waals surface area contributed by atoms with E-state index in [4.69, 9.17) is 0 Å². The van der Waals surface area contributed by atoms with Crippen LogP contribution in [-0.4, -0.2) is 0 Å². The van der Waals surface area contributed by atoms with Gasteiger partial charge in [0.25, 0.3) is 0 Å². The molecule has 4 bridgehead atoms. The van der Waals surface area contributed by atoms with Crippen LogP contribution in [0.1, 0.15) is 43.2 Å². The fraction of sp³-hybridized carbons (Fsp3) is 0.333. The van der Waals surface area contributed by atoms with Crippen LogP contribution < -0.4 is 0 Å². The molecule has 4 aliphatic carbocycles. The Bertz CT molecular complexity index is 1150. The Kier molecular flexibility index (Phi) is 4.89. The molecule has 31 heavy (non-hydrogen) atoms. The van der Waals surface area contributed by atoms with E-state index in [2.05, 4.69) is 84.9 Å². The zero-order valence-electron chi connectivity index (χ0n) is 17.9. The van der Waals surface area contributed by atoms with Gasteiger partial charge in [0.15, 0.2) is 0 Å². The minimum atomic E-state index is 0. The van der Waals surface area contributed by atoms with Crippen LogP contribution in [0, 0.1) is 35.8 Å². The second kappa shape index (κ2) is 7.53. The average Bonchev–Trinajstić information content (AvgIpc) is 2.79. The van der Waals surface area contributed by atoms with Gasteiger partial charge in [0.2, 0.25) is 0 Å². The van der Waals surface area contributed by atoms with Crippen molar-refractivity contribution < 1.29 is 32.7 Å². The molecule has 0 atom stereocenters. The summed E-state index contributed by atoms with van der Waals surface area (Å²) >= 11 is 0. The molecular weight excluding hydrogens is 449 g/mol. The van der Waals surface area contributed by atoms with E-state index >= 15 is 0 Å². The van der Waals surface area contributed by atoms with Crippen molar-refractivity contribution in [2.45, 2.75) is 37.5 Å². The third-order valence-electron chi connectivity index (χ3n) is 8.69. The third kappa shape index (κ3) is 2.80. The maximum Gasteiger partial charge on any atom is 0 e. The minimum Gasteiger partial charge on any atom is -0.179 e. The molecule has 4 fully saturated rings. The van der Waals surface area contributed by atoms with Gasteiger partial charge in [-0.1, -0.05) is 36.4 Å². The van der Waals surface area contributed by atoms with E-state index in [0.717, 1.165) is 11.8 Å². The van der Waals surface area contributed by atoms with E-state index < -0.39 is 0 Å². The SMILES string of the molecule is [Y].[c-]1ccc2ccccc2c1C1(c2[c-]ccc3ccccc23)C2CC3CC(C2)CC1C3. The molecule has 151 valence electrons. The molecule has 0 aromatic heterocycles. The van der Waals surface area contributed by atoms with Crippen molar-refractivity contribution in [1.82, 2.24) is 0 Å². The van der Waals surface area contributed by atoms with Gasteiger partial charge in [-0.25, -0.2) is 0 Å².